The van der Waals surface area contributed by atoms with Gasteiger partial charge in [0.05, 0.1) is 11.6 Å². The molecule has 1 nitrogen and oxygen atoms in total. The highest BCUT2D eigenvalue weighted by atomic mass is 32.2. The van der Waals surface area contributed by atoms with Gasteiger partial charge < -0.3 is 0 Å². The molecular weight excluding hydrogens is 178 g/mol. The predicted octanol–water partition coefficient (Wildman–Crippen LogP) is 3.56. The van der Waals surface area contributed by atoms with Crippen LogP contribution >= 0.6 is 11.8 Å². The smallest absolute Gasteiger partial charge is 0.0786 e. The van der Waals surface area contributed by atoms with Crippen LogP contribution in [0.2, 0.25) is 0 Å². The van der Waals surface area contributed by atoms with Crippen LogP contribution in [0.4, 0.5) is 0 Å². The molecule has 0 amide bonds. The number of allylic oxidation sites excluding steroid dienone is 4. The SMILES string of the molecule is C=C/C=C\CC/C=C1/SC=N[C@H]1C. The van der Waals surface area contributed by atoms with Crippen molar-refractivity contribution in [1.82, 2.24) is 0 Å². The van der Waals surface area contributed by atoms with E-state index in [1.54, 1.807) is 11.8 Å². The van der Waals surface area contributed by atoms with Crippen molar-refractivity contribution in [2.45, 2.75) is 25.8 Å². The molecule has 0 N–H and O–H groups in total. The lowest BCUT2D eigenvalue weighted by Gasteiger charge is -2.00. The van der Waals surface area contributed by atoms with Gasteiger partial charge in [-0.05, 0) is 19.8 Å². The van der Waals surface area contributed by atoms with Crippen LogP contribution in [0.5, 0.6) is 0 Å². The van der Waals surface area contributed by atoms with E-state index in [4.69, 9.17) is 0 Å². The molecule has 0 aromatic carbocycles. The van der Waals surface area contributed by atoms with Gasteiger partial charge in [0.1, 0.15) is 0 Å². The lowest BCUT2D eigenvalue weighted by Crippen LogP contribution is -1.92. The van der Waals surface area contributed by atoms with Gasteiger partial charge in [-0.25, -0.2) is 0 Å². The van der Waals surface area contributed by atoms with Crippen LogP contribution in [0, 0.1) is 0 Å². The molecule has 0 spiro atoms. The maximum Gasteiger partial charge on any atom is 0.0786 e. The summed E-state index contributed by atoms with van der Waals surface area (Å²) < 4.78 is 0. The summed E-state index contributed by atoms with van der Waals surface area (Å²) in [6, 6.07) is 0.383. The van der Waals surface area contributed by atoms with Gasteiger partial charge in [-0.3, -0.25) is 4.99 Å². The first kappa shape index (κ1) is 10.3. The molecule has 0 aromatic heterocycles. The fourth-order valence-electron chi connectivity index (χ4n) is 1.09. The predicted molar refractivity (Wildman–Crippen MR) is 62.2 cm³/mol. The fraction of sp³-hybridized carbons (Fsp3) is 0.364. The third-order valence-electron chi connectivity index (χ3n) is 1.84. The van der Waals surface area contributed by atoms with Crippen molar-refractivity contribution in [3.8, 4) is 0 Å². The van der Waals surface area contributed by atoms with E-state index >= 15 is 0 Å². The number of nitrogens with zero attached hydrogens (tertiary/aromatic N) is 1. The minimum Gasteiger partial charge on any atom is -0.278 e. The Kier molecular flexibility index (Phi) is 4.61. The molecule has 13 heavy (non-hydrogen) atoms. The van der Waals surface area contributed by atoms with Crippen molar-refractivity contribution >= 4 is 17.3 Å². The Bertz CT molecular complexity index is 251. The van der Waals surface area contributed by atoms with Crippen molar-refractivity contribution in [3.05, 3.63) is 35.8 Å². The molecule has 0 saturated carbocycles. The summed E-state index contributed by atoms with van der Waals surface area (Å²) in [7, 11) is 0. The molecule has 0 aliphatic carbocycles. The van der Waals surface area contributed by atoms with Gasteiger partial charge in [-0.1, -0.05) is 42.6 Å². The van der Waals surface area contributed by atoms with E-state index in [9.17, 15) is 0 Å². The highest BCUT2D eigenvalue weighted by Gasteiger charge is 2.10. The zero-order valence-electron chi connectivity index (χ0n) is 7.94. The quantitative estimate of drug-likeness (QED) is 0.491. The van der Waals surface area contributed by atoms with Crippen molar-refractivity contribution in [1.29, 1.82) is 0 Å². The van der Waals surface area contributed by atoms with E-state index in [-0.39, 0.29) is 0 Å². The number of rotatable bonds is 4. The molecule has 0 aromatic rings. The Morgan fingerprint density at radius 2 is 2.46 bits per heavy atom. The zero-order valence-corrected chi connectivity index (χ0v) is 8.76. The molecular formula is C11H15NS. The molecule has 1 aliphatic heterocycles. The number of hydrogen-bond acceptors (Lipinski definition) is 2. The molecule has 1 heterocycles. The molecule has 1 atom stereocenters. The average molecular weight is 193 g/mol. The Labute approximate surface area is 84.3 Å². The first-order valence-corrected chi connectivity index (χ1v) is 5.38. The highest BCUT2D eigenvalue weighted by molar-refractivity contribution is 8.15. The third-order valence-corrected chi connectivity index (χ3v) is 2.84. The van der Waals surface area contributed by atoms with E-state index in [2.05, 4.69) is 30.6 Å². The van der Waals surface area contributed by atoms with Crippen LogP contribution in [0.3, 0.4) is 0 Å². The maximum absolute atomic E-state index is 4.27. The topological polar surface area (TPSA) is 12.4 Å². The van der Waals surface area contributed by atoms with Gasteiger partial charge in [0.15, 0.2) is 0 Å². The summed E-state index contributed by atoms with van der Waals surface area (Å²) in [4.78, 5) is 5.65. The summed E-state index contributed by atoms with van der Waals surface area (Å²) in [6.07, 6.45) is 10.4. The maximum atomic E-state index is 4.27. The number of unbranched alkanes of at least 4 members (excludes halogenated alkanes) is 1. The molecule has 0 saturated heterocycles. The van der Waals surface area contributed by atoms with Gasteiger partial charge in [0.25, 0.3) is 0 Å². The average Bonchev–Trinajstić information content (AvgIpc) is 2.52. The number of hydrogen-bond donors (Lipinski definition) is 0. The molecule has 1 aliphatic rings. The van der Waals surface area contributed by atoms with E-state index in [1.165, 1.54) is 4.91 Å². The molecule has 2 heteroatoms. The van der Waals surface area contributed by atoms with Crippen LogP contribution < -0.4 is 0 Å². The summed E-state index contributed by atoms with van der Waals surface area (Å²) in [5.41, 5.74) is 1.93. The zero-order chi connectivity index (χ0) is 9.52. The second kappa shape index (κ2) is 5.81. The van der Waals surface area contributed by atoms with Crippen LogP contribution in [0.15, 0.2) is 40.8 Å². The highest BCUT2D eigenvalue weighted by Crippen LogP contribution is 2.26. The molecule has 0 radical (unpaired) electrons. The van der Waals surface area contributed by atoms with E-state index in [0.717, 1.165) is 12.8 Å². The van der Waals surface area contributed by atoms with Crippen molar-refractivity contribution in [3.63, 3.8) is 0 Å². The molecule has 1 rings (SSSR count). The van der Waals surface area contributed by atoms with Gasteiger partial charge in [0, 0.05) is 4.91 Å². The van der Waals surface area contributed by atoms with E-state index in [1.807, 2.05) is 17.7 Å². The second-order valence-electron chi connectivity index (χ2n) is 2.90. The first-order chi connectivity index (χ1) is 6.34. The molecule has 0 bridgehead atoms. The first-order valence-electron chi connectivity index (χ1n) is 4.50. The Morgan fingerprint density at radius 3 is 3.08 bits per heavy atom. The Hall–Kier alpha value is -0.760. The summed E-state index contributed by atoms with van der Waals surface area (Å²) >= 11 is 1.74. The van der Waals surface area contributed by atoms with Gasteiger partial charge in [-0.15, -0.1) is 0 Å². The molecule has 0 unspecified atom stereocenters. The number of thioether (sulfide) groups is 1. The van der Waals surface area contributed by atoms with Crippen LogP contribution in [0.25, 0.3) is 0 Å². The minimum atomic E-state index is 0.383. The summed E-state index contributed by atoms with van der Waals surface area (Å²) in [6.45, 7) is 5.75. The van der Waals surface area contributed by atoms with Crippen LogP contribution in [-0.4, -0.2) is 11.6 Å². The fourth-order valence-corrected chi connectivity index (χ4v) is 1.92. The van der Waals surface area contributed by atoms with E-state index in [0.29, 0.717) is 6.04 Å². The van der Waals surface area contributed by atoms with Crippen molar-refractivity contribution < 1.29 is 0 Å². The van der Waals surface area contributed by atoms with Crippen molar-refractivity contribution in [2.75, 3.05) is 0 Å². The van der Waals surface area contributed by atoms with Crippen molar-refractivity contribution in [2.24, 2.45) is 4.99 Å². The lowest BCUT2D eigenvalue weighted by molar-refractivity contribution is 0.913. The van der Waals surface area contributed by atoms with E-state index < -0.39 is 0 Å². The van der Waals surface area contributed by atoms with Gasteiger partial charge >= 0.3 is 0 Å². The lowest BCUT2D eigenvalue weighted by atomic mass is 10.2. The minimum absolute atomic E-state index is 0.383. The monoisotopic (exact) mass is 193 g/mol. The molecule has 0 fully saturated rings. The summed E-state index contributed by atoms with van der Waals surface area (Å²) in [5, 5.41) is 0. The normalized spacial score (nSPS) is 24.7. The third kappa shape index (κ3) is 3.64. The van der Waals surface area contributed by atoms with Crippen LogP contribution in [0.1, 0.15) is 19.8 Å². The van der Waals surface area contributed by atoms with Gasteiger partial charge in [0.2, 0.25) is 0 Å². The number of aliphatic imine (C=N–C) groups is 1. The second-order valence-corrected chi connectivity index (χ2v) is 3.81. The van der Waals surface area contributed by atoms with Crippen LogP contribution in [-0.2, 0) is 0 Å². The largest absolute Gasteiger partial charge is 0.278 e. The Morgan fingerprint density at radius 1 is 1.62 bits per heavy atom. The Balaban J connectivity index is 2.24. The summed E-state index contributed by atoms with van der Waals surface area (Å²) in [5.74, 6) is 0. The standard InChI is InChI=1S/C11H15NS/c1-3-4-5-6-7-8-11-10(2)12-9-13-11/h3-5,8-10H,1,6-7H2,2H3/b5-4-,11-8+/t10-/m0/s1. The van der Waals surface area contributed by atoms with Gasteiger partial charge in [-0.2, -0.15) is 0 Å². The molecule has 70 valence electrons.